The second-order valence-electron chi connectivity index (χ2n) is 2.01. The molecule has 1 unspecified atom stereocenters. The van der Waals surface area contributed by atoms with Gasteiger partial charge in [0.05, 0.1) is 6.20 Å². The Morgan fingerprint density at radius 3 is 2.38 bits per heavy atom. The smallest absolute Gasteiger partial charge is 0.387 e. The van der Waals surface area contributed by atoms with E-state index in [9.17, 15) is 8.78 Å². The van der Waals surface area contributed by atoms with E-state index < -0.39 is 6.61 Å². The van der Waals surface area contributed by atoms with E-state index in [1.54, 1.807) is 13.0 Å². The Balaban J connectivity index is 0.000000671. The number of ether oxygens (including phenoxy) is 1. The standard InChI is InChI=1S/C7H7F2NO.CH5P/c1-5-2-3-6(4-10-5)11-7(8)9;1-2/h2-4,7H,1H3;2H2,1H3. The molecule has 0 aliphatic carbocycles. The van der Waals surface area contributed by atoms with Gasteiger partial charge in [-0.1, -0.05) is 6.66 Å². The minimum absolute atomic E-state index is 0.0885. The molecule has 0 saturated heterocycles. The monoisotopic (exact) mass is 207 g/mol. The van der Waals surface area contributed by atoms with E-state index in [1.807, 2.05) is 6.66 Å². The molecule has 1 aromatic rings. The van der Waals surface area contributed by atoms with Crippen LogP contribution in [0.15, 0.2) is 18.3 Å². The van der Waals surface area contributed by atoms with Crippen LogP contribution < -0.4 is 4.74 Å². The van der Waals surface area contributed by atoms with Gasteiger partial charge in [-0.2, -0.15) is 8.78 Å². The van der Waals surface area contributed by atoms with Crippen molar-refractivity contribution >= 4 is 9.24 Å². The Bertz CT molecular complexity index is 228. The maximum absolute atomic E-state index is 11.6. The molecule has 0 amide bonds. The van der Waals surface area contributed by atoms with Crippen LogP contribution in [-0.4, -0.2) is 18.3 Å². The van der Waals surface area contributed by atoms with Crippen LogP contribution in [-0.2, 0) is 0 Å². The van der Waals surface area contributed by atoms with Crippen molar-refractivity contribution in [2.75, 3.05) is 6.66 Å². The van der Waals surface area contributed by atoms with Gasteiger partial charge in [0.25, 0.3) is 0 Å². The molecule has 5 heteroatoms. The summed E-state index contributed by atoms with van der Waals surface area (Å²) in [6, 6.07) is 3.06. The molecule has 1 atom stereocenters. The molecule has 0 fully saturated rings. The molecule has 0 aliphatic heterocycles. The molecule has 0 aromatic carbocycles. The molecule has 74 valence electrons. The van der Waals surface area contributed by atoms with Crippen molar-refractivity contribution in [3.63, 3.8) is 0 Å². The Hall–Kier alpha value is -0.760. The summed E-state index contributed by atoms with van der Waals surface area (Å²) in [6.07, 6.45) is 1.27. The lowest BCUT2D eigenvalue weighted by Gasteiger charge is -2.02. The number of halogens is 2. The first kappa shape index (κ1) is 12.2. The lowest BCUT2D eigenvalue weighted by molar-refractivity contribution is -0.0500. The first-order valence-corrected chi connectivity index (χ1v) is 4.79. The molecule has 0 saturated carbocycles. The predicted molar refractivity (Wildman–Crippen MR) is 51.2 cm³/mol. The van der Waals surface area contributed by atoms with E-state index in [0.717, 1.165) is 5.69 Å². The molecule has 1 rings (SSSR count). The van der Waals surface area contributed by atoms with Crippen molar-refractivity contribution < 1.29 is 13.5 Å². The number of hydrogen-bond acceptors (Lipinski definition) is 2. The van der Waals surface area contributed by atoms with Crippen molar-refractivity contribution in [3.8, 4) is 5.75 Å². The van der Waals surface area contributed by atoms with Gasteiger partial charge in [-0.3, -0.25) is 4.98 Å². The third-order valence-electron chi connectivity index (χ3n) is 1.11. The van der Waals surface area contributed by atoms with Gasteiger partial charge in [-0.15, -0.1) is 9.24 Å². The minimum Gasteiger partial charge on any atom is -0.433 e. The zero-order valence-corrected chi connectivity index (χ0v) is 8.65. The summed E-state index contributed by atoms with van der Waals surface area (Å²) in [5.41, 5.74) is 0.770. The number of aromatic nitrogens is 1. The second kappa shape index (κ2) is 6.72. The van der Waals surface area contributed by atoms with Crippen LogP contribution in [0.5, 0.6) is 5.75 Å². The van der Waals surface area contributed by atoms with Crippen LogP contribution >= 0.6 is 9.24 Å². The second-order valence-corrected chi connectivity index (χ2v) is 2.01. The van der Waals surface area contributed by atoms with Crippen molar-refractivity contribution in [2.24, 2.45) is 0 Å². The Morgan fingerprint density at radius 2 is 2.00 bits per heavy atom. The van der Waals surface area contributed by atoms with Crippen LogP contribution in [0, 0.1) is 6.92 Å². The molecule has 0 aliphatic rings. The van der Waals surface area contributed by atoms with E-state index in [1.165, 1.54) is 12.3 Å². The molecule has 1 aromatic heterocycles. The van der Waals surface area contributed by atoms with Gasteiger partial charge in [-0.25, -0.2) is 0 Å². The highest BCUT2D eigenvalue weighted by atomic mass is 31.0. The van der Waals surface area contributed by atoms with E-state index in [0.29, 0.717) is 0 Å². The number of aryl methyl sites for hydroxylation is 1. The average molecular weight is 207 g/mol. The van der Waals surface area contributed by atoms with Crippen molar-refractivity contribution in [3.05, 3.63) is 24.0 Å². The fraction of sp³-hybridized carbons (Fsp3) is 0.375. The molecule has 13 heavy (non-hydrogen) atoms. The maximum Gasteiger partial charge on any atom is 0.387 e. The summed E-state index contributed by atoms with van der Waals surface area (Å²) >= 11 is 0. The molecular weight excluding hydrogens is 195 g/mol. The van der Waals surface area contributed by atoms with E-state index in [-0.39, 0.29) is 5.75 Å². The number of pyridine rings is 1. The highest BCUT2D eigenvalue weighted by Gasteiger charge is 2.02. The van der Waals surface area contributed by atoms with Crippen molar-refractivity contribution in [1.82, 2.24) is 4.98 Å². The highest BCUT2D eigenvalue weighted by Crippen LogP contribution is 2.11. The highest BCUT2D eigenvalue weighted by molar-refractivity contribution is 7.15. The van der Waals surface area contributed by atoms with Crippen LogP contribution in [0.3, 0.4) is 0 Å². The maximum atomic E-state index is 11.6. The van der Waals surface area contributed by atoms with Gasteiger partial charge in [-0.05, 0) is 19.1 Å². The quantitative estimate of drug-likeness (QED) is 0.695. The van der Waals surface area contributed by atoms with Crippen LogP contribution in [0.4, 0.5) is 8.78 Å². The third-order valence-corrected chi connectivity index (χ3v) is 1.11. The van der Waals surface area contributed by atoms with Gasteiger partial charge in [0, 0.05) is 5.69 Å². The topological polar surface area (TPSA) is 22.1 Å². The van der Waals surface area contributed by atoms with E-state index in [2.05, 4.69) is 19.0 Å². The summed E-state index contributed by atoms with van der Waals surface area (Å²) < 4.78 is 27.2. The molecule has 0 spiro atoms. The lowest BCUT2D eigenvalue weighted by atomic mass is 10.4. The number of nitrogens with zero attached hydrogens (tertiary/aromatic N) is 1. The van der Waals surface area contributed by atoms with Gasteiger partial charge >= 0.3 is 6.61 Å². The Morgan fingerprint density at radius 1 is 1.38 bits per heavy atom. The number of rotatable bonds is 2. The summed E-state index contributed by atoms with van der Waals surface area (Å²) in [4.78, 5) is 3.77. The first-order valence-electron chi connectivity index (χ1n) is 3.63. The van der Waals surface area contributed by atoms with Crippen molar-refractivity contribution in [2.45, 2.75) is 13.5 Å². The molecule has 2 nitrogen and oxygen atoms in total. The van der Waals surface area contributed by atoms with E-state index in [4.69, 9.17) is 0 Å². The summed E-state index contributed by atoms with van der Waals surface area (Å²) in [6.45, 7) is 0.908. The molecule has 0 radical (unpaired) electrons. The Kier molecular flexibility index (Phi) is 6.33. The van der Waals surface area contributed by atoms with Gasteiger partial charge < -0.3 is 4.74 Å². The van der Waals surface area contributed by atoms with Crippen LogP contribution in [0.2, 0.25) is 0 Å². The van der Waals surface area contributed by atoms with Crippen LogP contribution in [0.1, 0.15) is 5.69 Å². The molecule has 0 bridgehead atoms. The first-order chi connectivity index (χ1) is 6.18. The van der Waals surface area contributed by atoms with Gasteiger partial charge in [0.2, 0.25) is 0 Å². The van der Waals surface area contributed by atoms with Gasteiger partial charge in [0.1, 0.15) is 5.75 Å². The largest absolute Gasteiger partial charge is 0.433 e. The fourth-order valence-electron chi connectivity index (χ4n) is 0.627. The minimum atomic E-state index is -2.78. The number of alkyl halides is 2. The average Bonchev–Trinajstić information content (AvgIpc) is 2.12. The third kappa shape index (κ3) is 5.47. The number of hydrogen-bond donors (Lipinski definition) is 0. The molecule has 0 N–H and O–H groups in total. The SMILES string of the molecule is CP.Cc1ccc(OC(F)F)cn1. The summed E-state index contributed by atoms with van der Waals surface area (Å²) in [5, 5.41) is 0. The Labute approximate surface area is 78.5 Å². The van der Waals surface area contributed by atoms with Crippen molar-refractivity contribution in [1.29, 1.82) is 0 Å². The van der Waals surface area contributed by atoms with Gasteiger partial charge in [0.15, 0.2) is 0 Å². The predicted octanol–water partition coefficient (Wildman–Crippen LogP) is 2.48. The molecule has 1 heterocycles. The normalized spacial score (nSPS) is 9.08. The summed E-state index contributed by atoms with van der Waals surface area (Å²) in [7, 11) is 2.42. The van der Waals surface area contributed by atoms with E-state index >= 15 is 0 Å². The summed E-state index contributed by atoms with van der Waals surface area (Å²) in [5.74, 6) is 0.0885. The van der Waals surface area contributed by atoms with Crippen LogP contribution in [0.25, 0.3) is 0 Å². The fourth-order valence-corrected chi connectivity index (χ4v) is 0.627. The lowest BCUT2D eigenvalue weighted by Crippen LogP contribution is -2.01. The zero-order valence-electron chi connectivity index (χ0n) is 7.50. The molecular formula is C8H12F2NOP. The zero-order chi connectivity index (χ0) is 10.3.